The van der Waals surface area contributed by atoms with E-state index in [1.54, 1.807) is 60.5 Å². The number of aliphatic hydroxyl groups is 2. The SMILES string of the molecule is CCC(=O)OC1CC(=O)OC(C)CC=CC=CC(OC2CCC(N(C)C)C(C)O2)C(C)CC(CC=O)C(OC2OC(C)C(OC3CC(C)(O)C(OC(=O)CC)C(C)O3)C(N(C)C)C2O)C1OC. The highest BCUT2D eigenvalue weighted by atomic mass is 16.7. The maximum Gasteiger partial charge on any atom is 0.309 e. The van der Waals surface area contributed by atoms with E-state index < -0.39 is 115 Å². The molecular weight excluding hydrogens is 873 g/mol. The van der Waals surface area contributed by atoms with Crippen LogP contribution in [0.25, 0.3) is 0 Å². The van der Waals surface area contributed by atoms with Crippen LogP contribution in [0.5, 0.6) is 0 Å². The largest absolute Gasteiger partial charge is 0.462 e. The first kappa shape index (κ1) is 56.7. The van der Waals surface area contributed by atoms with Crippen molar-refractivity contribution in [2.24, 2.45) is 11.8 Å². The van der Waals surface area contributed by atoms with Crippen LogP contribution >= 0.6 is 0 Å². The Hall–Kier alpha value is -2.88. The summed E-state index contributed by atoms with van der Waals surface area (Å²) in [5.74, 6) is -2.63. The molecule has 19 unspecified atom stereocenters. The van der Waals surface area contributed by atoms with E-state index in [1.165, 1.54) is 7.11 Å². The van der Waals surface area contributed by atoms with E-state index in [0.29, 0.717) is 19.3 Å². The fourth-order valence-electron chi connectivity index (χ4n) is 9.88. The lowest BCUT2D eigenvalue weighted by atomic mass is 9.82. The first-order valence-corrected chi connectivity index (χ1v) is 24.2. The van der Waals surface area contributed by atoms with Crippen LogP contribution in [-0.2, 0) is 66.5 Å². The van der Waals surface area contributed by atoms with Gasteiger partial charge in [0.1, 0.15) is 42.4 Å². The molecule has 2 N–H and O–H groups in total. The number of hydrogen-bond acceptors (Lipinski definition) is 18. The lowest BCUT2D eigenvalue weighted by Gasteiger charge is -2.50. The lowest BCUT2D eigenvalue weighted by molar-refractivity contribution is -0.344. The molecule has 0 aromatic carbocycles. The molecule has 0 aromatic rings. The average molecular weight is 955 g/mol. The Kier molecular flexibility index (Phi) is 22.3. The summed E-state index contributed by atoms with van der Waals surface area (Å²) in [6, 6.07) is -0.546. The third-order valence-corrected chi connectivity index (χ3v) is 13.4. The van der Waals surface area contributed by atoms with Gasteiger partial charge in [0.15, 0.2) is 25.0 Å². The van der Waals surface area contributed by atoms with Gasteiger partial charge in [0.2, 0.25) is 0 Å². The van der Waals surface area contributed by atoms with E-state index in [4.69, 9.17) is 47.4 Å². The minimum absolute atomic E-state index is 0.00331. The van der Waals surface area contributed by atoms with Crippen LogP contribution in [-0.4, -0.2) is 183 Å². The zero-order chi connectivity index (χ0) is 49.7. The van der Waals surface area contributed by atoms with Crippen molar-refractivity contribution in [3.8, 4) is 0 Å². The molecule has 67 heavy (non-hydrogen) atoms. The van der Waals surface area contributed by atoms with Crippen molar-refractivity contribution in [1.29, 1.82) is 0 Å². The van der Waals surface area contributed by atoms with E-state index in [0.717, 1.165) is 12.7 Å². The number of carbonyl (C=O) groups is 4. The Morgan fingerprint density at radius 2 is 1.52 bits per heavy atom. The molecule has 3 fully saturated rings. The summed E-state index contributed by atoms with van der Waals surface area (Å²) >= 11 is 0. The smallest absolute Gasteiger partial charge is 0.309 e. The molecule has 4 heterocycles. The number of ether oxygens (including phenoxy) is 10. The van der Waals surface area contributed by atoms with Crippen LogP contribution in [0.4, 0.5) is 0 Å². The summed E-state index contributed by atoms with van der Waals surface area (Å²) in [4.78, 5) is 55.5. The van der Waals surface area contributed by atoms with Crippen LogP contribution in [0, 0.1) is 11.8 Å². The Labute approximate surface area is 398 Å². The van der Waals surface area contributed by atoms with Gasteiger partial charge < -0.3 is 72.2 Å². The second kappa shape index (κ2) is 26.4. The fourth-order valence-corrected chi connectivity index (χ4v) is 9.88. The van der Waals surface area contributed by atoms with Crippen molar-refractivity contribution in [3.63, 3.8) is 0 Å². The number of esters is 3. The van der Waals surface area contributed by atoms with Crippen LogP contribution in [0.2, 0.25) is 0 Å². The van der Waals surface area contributed by atoms with Crippen molar-refractivity contribution < 1.29 is 76.8 Å². The highest BCUT2D eigenvalue weighted by molar-refractivity contribution is 5.72. The summed E-state index contributed by atoms with van der Waals surface area (Å²) < 4.78 is 62.7. The predicted molar refractivity (Wildman–Crippen MR) is 245 cm³/mol. The monoisotopic (exact) mass is 955 g/mol. The summed E-state index contributed by atoms with van der Waals surface area (Å²) in [7, 11) is 9.02. The summed E-state index contributed by atoms with van der Waals surface area (Å²) in [5, 5.41) is 23.8. The maximum absolute atomic E-state index is 13.6. The van der Waals surface area contributed by atoms with Gasteiger partial charge in [-0.3, -0.25) is 14.4 Å². The van der Waals surface area contributed by atoms with Crippen LogP contribution in [0.1, 0.15) is 113 Å². The quantitative estimate of drug-likeness (QED) is 0.134. The van der Waals surface area contributed by atoms with E-state index in [2.05, 4.69) is 4.90 Å². The Bertz CT molecular complexity index is 1630. The molecule has 18 nitrogen and oxygen atoms in total. The molecular formula is C49H82N2O16. The number of rotatable bonds is 15. The number of allylic oxidation sites excluding steroid dienone is 2. The van der Waals surface area contributed by atoms with Crippen molar-refractivity contribution in [2.75, 3.05) is 35.3 Å². The molecule has 18 heteroatoms. The first-order chi connectivity index (χ1) is 31.6. The Morgan fingerprint density at radius 1 is 0.851 bits per heavy atom. The van der Waals surface area contributed by atoms with Crippen molar-refractivity contribution in [2.45, 2.75) is 217 Å². The molecule has 0 aliphatic carbocycles. The number of carbonyl (C=O) groups excluding carboxylic acids is 4. The number of nitrogens with zero attached hydrogens (tertiary/aromatic N) is 2. The van der Waals surface area contributed by atoms with Crippen LogP contribution in [0.15, 0.2) is 24.3 Å². The van der Waals surface area contributed by atoms with Gasteiger partial charge in [0.25, 0.3) is 0 Å². The highest BCUT2D eigenvalue weighted by Gasteiger charge is 2.53. The van der Waals surface area contributed by atoms with E-state index in [9.17, 15) is 29.4 Å². The van der Waals surface area contributed by atoms with Crippen LogP contribution < -0.4 is 0 Å². The zero-order valence-electron chi connectivity index (χ0n) is 42.1. The van der Waals surface area contributed by atoms with E-state index in [1.807, 2.05) is 52.2 Å². The Balaban J connectivity index is 1.72. The van der Waals surface area contributed by atoms with Gasteiger partial charge in [-0.1, -0.05) is 45.1 Å². The molecule has 0 amide bonds. The predicted octanol–water partition coefficient (Wildman–Crippen LogP) is 4.25. The van der Waals surface area contributed by atoms with E-state index in [-0.39, 0.29) is 50.2 Å². The summed E-state index contributed by atoms with van der Waals surface area (Å²) in [6.07, 6.45) is -1.74. The number of methoxy groups -OCH3 is 1. The van der Waals surface area contributed by atoms with Gasteiger partial charge in [-0.15, -0.1) is 0 Å². The third kappa shape index (κ3) is 15.8. The first-order valence-electron chi connectivity index (χ1n) is 24.2. The zero-order valence-corrected chi connectivity index (χ0v) is 42.1. The number of aliphatic hydroxyl groups excluding tert-OH is 1. The molecule has 0 aromatic heterocycles. The minimum atomic E-state index is -1.50. The van der Waals surface area contributed by atoms with Gasteiger partial charge in [-0.05, 0) is 93.9 Å². The number of hydrogen-bond donors (Lipinski definition) is 2. The fraction of sp³-hybridized carbons (Fsp3) is 0.837. The van der Waals surface area contributed by atoms with Crippen molar-refractivity contribution >= 4 is 24.2 Å². The highest BCUT2D eigenvalue weighted by Crippen LogP contribution is 2.38. The molecule has 4 aliphatic heterocycles. The topological polar surface area (TPSA) is 208 Å². The van der Waals surface area contributed by atoms with Crippen LogP contribution in [0.3, 0.4) is 0 Å². The standard InChI is InChI=1S/C49H82N2O16/c1-14-37(53)63-36-26-39(55)59-29(4)19-17-16-18-20-35(64-40-22-21-34(50(9)10)30(5)60-40)28(3)25-33(23-24-52)45(46(36)58-13)67-48-43(56)42(51(11)12)44(31(6)62-48)66-41-27-49(8,57)47(32(7)61-41)65-38(54)15-2/h16-18,20,24,28-36,40-48,56-57H,14-15,19,21-23,25-27H2,1-13H3. The van der Waals surface area contributed by atoms with Crippen molar-refractivity contribution in [1.82, 2.24) is 9.80 Å². The molecule has 0 radical (unpaired) electrons. The number of aldehydes is 1. The second-order valence-corrected chi connectivity index (χ2v) is 19.4. The van der Waals surface area contributed by atoms with Gasteiger partial charge in [0, 0.05) is 45.3 Å². The molecule has 4 rings (SSSR count). The Morgan fingerprint density at radius 3 is 2.12 bits per heavy atom. The number of cyclic esters (lactones) is 1. The van der Waals surface area contributed by atoms with Gasteiger partial charge in [-0.2, -0.15) is 0 Å². The molecule has 19 atom stereocenters. The van der Waals surface area contributed by atoms with Gasteiger partial charge in [0.05, 0.1) is 43.0 Å². The summed E-state index contributed by atoms with van der Waals surface area (Å²) in [6.45, 7) is 14.1. The van der Waals surface area contributed by atoms with Crippen molar-refractivity contribution in [3.05, 3.63) is 24.3 Å². The van der Waals surface area contributed by atoms with Gasteiger partial charge in [-0.25, -0.2) is 0 Å². The second-order valence-electron chi connectivity index (χ2n) is 19.4. The molecule has 4 aliphatic rings. The summed E-state index contributed by atoms with van der Waals surface area (Å²) in [5.41, 5.74) is -1.50. The molecule has 0 bridgehead atoms. The molecule has 3 saturated heterocycles. The number of likely N-dealkylation sites (N-methyl/N-ethyl adjacent to an activating group) is 2. The maximum atomic E-state index is 13.6. The molecule has 0 spiro atoms. The normalized spacial score (nSPS) is 40.6. The van der Waals surface area contributed by atoms with E-state index >= 15 is 0 Å². The molecule has 0 saturated carbocycles. The minimum Gasteiger partial charge on any atom is -0.462 e. The molecule has 384 valence electrons. The third-order valence-electron chi connectivity index (χ3n) is 13.4. The lowest BCUT2D eigenvalue weighted by Crippen LogP contribution is -2.66. The average Bonchev–Trinajstić information content (AvgIpc) is 3.24. The van der Waals surface area contributed by atoms with Gasteiger partial charge >= 0.3 is 17.9 Å².